The first-order valence-corrected chi connectivity index (χ1v) is 12.7. The standard InChI is InChI=1S/C27H18F7NO3S/c1-14-24(16-8-19(27(32,33)34)12-20(28)10-16)38-25(36)35(14)13-17-9-18(26(29,30)31)6-7-21(17)23-11-15-4-2-3-5-22(15)39(23)37/h2-12,14,24H,13H2,1H3/t14-,24-,39?/m0/s1. The number of benzene rings is 3. The van der Waals surface area contributed by atoms with Crippen molar-refractivity contribution < 1.29 is 44.5 Å². The molecule has 1 fully saturated rings. The topological polar surface area (TPSA) is 46.6 Å². The highest BCUT2D eigenvalue weighted by atomic mass is 32.2. The predicted octanol–water partition coefficient (Wildman–Crippen LogP) is 7.56. The van der Waals surface area contributed by atoms with Crippen molar-refractivity contribution in [3.8, 4) is 0 Å². The first kappa shape index (κ1) is 26.9. The number of fused-ring (bicyclic) bond motifs is 1. The average molecular weight is 569 g/mol. The Kier molecular flexibility index (Phi) is 6.56. The highest BCUT2D eigenvalue weighted by Crippen LogP contribution is 2.41. The summed E-state index contributed by atoms with van der Waals surface area (Å²) in [6.45, 7) is 1.01. The van der Waals surface area contributed by atoms with Crippen molar-refractivity contribution in [1.29, 1.82) is 0 Å². The first-order valence-electron chi connectivity index (χ1n) is 11.5. The second kappa shape index (κ2) is 9.51. The minimum absolute atomic E-state index is 0.0110. The lowest BCUT2D eigenvalue weighted by Crippen LogP contribution is -2.32. The monoisotopic (exact) mass is 569 g/mol. The van der Waals surface area contributed by atoms with Gasteiger partial charge in [0.15, 0.2) is 0 Å². The zero-order chi connectivity index (χ0) is 28.3. The summed E-state index contributed by atoms with van der Waals surface area (Å²) in [6.07, 6.45) is -10.3. The van der Waals surface area contributed by atoms with Crippen LogP contribution in [0.3, 0.4) is 0 Å². The average Bonchev–Trinajstić information content (AvgIpc) is 3.34. The Morgan fingerprint density at radius 1 is 0.923 bits per heavy atom. The molecule has 5 rings (SSSR count). The summed E-state index contributed by atoms with van der Waals surface area (Å²) >= 11 is 0. The SMILES string of the molecule is C[C@H]1[C@@H](c2cc(F)cc(C(F)(F)F)c2)OC(=O)N1Cc1cc(C(F)(F)F)ccc1C1=Cc2ccccc2S1=O. The van der Waals surface area contributed by atoms with E-state index in [1.807, 2.05) is 0 Å². The molecule has 0 spiro atoms. The van der Waals surface area contributed by atoms with Crippen LogP contribution >= 0.6 is 0 Å². The molecule has 0 aromatic heterocycles. The molecule has 0 aliphatic carbocycles. The summed E-state index contributed by atoms with van der Waals surface area (Å²) in [7, 11) is -1.70. The van der Waals surface area contributed by atoms with Crippen LogP contribution in [0.2, 0.25) is 0 Å². The Hall–Kier alpha value is -3.67. The Morgan fingerprint density at radius 3 is 2.28 bits per heavy atom. The summed E-state index contributed by atoms with van der Waals surface area (Å²) in [6, 6.07) is 10.4. The molecule has 2 aliphatic rings. The lowest BCUT2D eigenvalue weighted by Gasteiger charge is -2.23. The largest absolute Gasteiger partial charge is 0.439 e. The fourth-order valence-corrected chi connectivity index (χ4v) is 6.10. The molecule has 3 aromatic carbocycles. The van der Waals surface area contributed by atoms with Crippen LogP contribution < -0.4 is 0 Å². The fraction of sp³-hybridized carbons (Fsp3) is 0.222. The van der Waals surface area contributed by atoms with Crippen molar-refractivity contribution in [2.75, 3.05) is 0 Å². The molecular weight excluding hydrogens is 551 g/mol. The molecule has 4 nitrogen and oxygen atoms in total. The third kappa shape index (κ3) is 5.05. The van der Waals surface area contributed by atoms with E-state index in [1.54, 1.807) is 30.3 Å². The van der Waals surface area contributed by atoms with Gasteiger partial charge >= 0.3 is 18.4 Å². The van der Waals surface area contributed by atoms with E-state index in [9.17, 15) is 39.7 Å². The highest BCUT2D eigenvalue weighted by Gasteiger charge is 2.42. The van der Waals surface area contributed by atoms with Crippen molar-refractivity contribution in [2.45, 2.75) is 42.9 Å². The van der Waals surface area contributed by atoms with E-state index < -0.39 is 64.9 Å². The van der Waals surface area contributed by atoms with Crippen LogP contribution in [0.4, 0.5) is 35.5 Å². The van der Waals surface area contributed by atoms with Gasteiger partial charge < -0.3 is 4.74 Å². The van der Waals surface area contributed by atoms with Crippen LogP contribution in [0.15, 0.2) is 65.6 Å². The molecule has 0 bridgehead atoms. The van der Waals surface area contributed by atoms with Crippen LogP contribution in [-0.4, -0.2) is 21.2 Å². The molecule has 3 atom stereocenters. The number of carbonyl (C=O) groups is 1. The quantitative estimate of drug-likeness (QED) is 0.305. The minimum Gasteiger partial charge on any atom is -0.439 e. The van der Waals surface area contributed by atoms with Gasteiger partial charge in [0.05, 0.1) is 44.3 Å². The van der Waals surface area contributed by atoms with E-state index >= 15 is 0 Å². The number of amides is 1. The van der Waals surface area contributed by atoms with Crippen LogP contribution in [0, 0.1) is 5.82 Å². The third-order valence-corrected chi connectivity index (χ3v) is 8.12. The number of hydrogen-bond acceptors (Lipinski definition) is 3. The van der Waals surface area contributed by atoms with Crippen molar-refractivity contribution in [3.05, 3.63) is 99.9 Å². The summed E-state index contributed by atoms with van der Waals surface area (Å²) in [5.74, 6) is -1.18. The fourth-order valence-electron chi connectivity index (χ4n) is 4.68. The molecule has 2 heterocycles. The van der Waals surface area contributed by atoms with Crippen molar-refractivity contribution in [3.63, 3.8) is 0 Å². The van der Waals surface area contributed by atoms with Gasteiger partial charge in [-0.15, -0.1) is 0 Å². The van der Waals surface area contributed by atoms with Gasteiger partial charge in [-0.25, -0.2) is 13.4 Å². The zero-order valence-electron chi connectivity index (χ0n) is 19.9. The van der Waals surface area contributed by atoms with E-state index in [4.69, 9.17) is 4.74 Å². The molecule has 12 heteroatoms. The van der Waals surface area contributed by atoms with Crippen LogP contribution in [0.5, 0.6) is 0 Å². The number of hydrogen-bond donors (Lipinski definition) is 0. The van der Waals surface area contributed by atoms with Crippen LogP contribution in [0.25, 0.3) is 11.0 Å². The van der Waals surface area contributed by atoms with Gasteiger partial charge in [-0.1, -0.05) is 24.3 Å². The second-order valence-electron chi connectivity index (χ2n) is 9.13. The van der Waals surface area contributed by atoms with Crippen LogP contribution in [0.1, 0.15) is 46.4 Å². The van der Waals surface area contributed by atoms with E-state index in [0.717, 1.165) is 23.1 Å². The highest BCUT2D eigenvalue weighted by molar-refractivity contribution is 7.95. The summed E-state index contributed by atoms with van der Waals surface area (Å²) in [5, 5.41) is 0. The van der Waals surface area contributed by atoms with Gasteiger partial charge in [-0.2, -0.15) is 26.3 Å². The maximum Gasteiger partial charge on any atom is 0.416 e. The Bertz CT molecular complexity index is 1530. The molecule has 3 aromatic rings. The predicted molar refractivity (Wildman–Crippen MR) is 128 cm³/mol. The molecular formula is C27H18F7NO3S. The molecule has 1 unspecified atom stereocenters. The van der Waals surface area contributed by atoms with E-state index in [-0.39, 0.29) is 21.6 Å². The summed E-state index contributed by atoms with van der Waals surface area (Å²) in [5.41, 5.74) is -1.65. The number of carbonyl (C=O) groups excluding carboxylic acids is 1. The zero-order valence-corrected chi connectivity index (χ0v) is 20.8. The number of rotatable bonds is 4. The number of alkyl halides is 6. The maximum absolute atomic E-state index is 14.0. The Balaban J connectivity index is 1.52. The minimum atomic E-state index is -4.85. The van der Waals surface area contributed by atoms with Crippen LogP contribution in [-0.2, 0) is 34.4 Å². The number of ether oxygens (including phenoxy) is 1. The lowest BCUT2D eigenvalue weighted by molar-refractivity contribution is -0.138. The molecule has 204 valence electrons. The van der Waals surface area contributed by atoms with Gasteiger partial charge in [-0.05, 0) is 71.7 Å². The van der Waals surface area contributed by atoms with E-state index in [1.165, 1.54) is 13.0 Å². The van der Waals surface area contributed by atoms with Gasteiger partial charge in [0.25, 0.3) is 0 Å². The Morgan fingerprint density at radius 2 is 1.62 bits per heavy atom. The van der Waals surface area contributed by atoms with Crippen molar-refractivity contribution in [1.82, 2.24) is 4.90 Å². The van der Waals surface area contributed by atoms with Gasteiger partial charge in [0, 0.05) is 0 Å². The van der Waals surface area contributed by atoms with Gasteiger partial charge in [-0.3, -0.25) is 4.90 Å². The normalized spacial score (nSPS) is 21.1. The van der Waals surface area contributed by atoms with Gasteiger partial charge in [0.2, 0.25) is 0 Å². The number of nitrogens with zero attached hydrogens (tertiary/aromatic N) is 1. The van der Waals surface area contributed by atoms with Crippen molar-refractivity contribution >= 4 is 27.9 Å². The Labute approximate surface area is 220 Å². The van der Waals surface area contributed by atoms with Crippen molar-refractivity contribution in [2.24, 2.45) is 0 Å². The van der Waals surface area contributed by atoms with E-state index in [0.29, 0.717) is 22.6 Å². The number of halogens is 7. The summed E-state index contributed by atoms with van der Waals surface area (Å²) in [4.78, 5) is 14.6. The molecule has 1 amide bonds. The molecule has 2 aliphatic heterocycles. The molecule has 0 N–H and O–H groups in total. The number of cyclic esters (lactones) is 1. The molecule has 39 heavy (non-hydrogen) atoms. The lowest BCUT2D eigenvalue weighted by atomic mass is 9.98. The molecule has 1 saturated heterocycles. The first-order chi connectivity index (χ1) is 18.2. The summed E-state index contributed by atoms with van der Waals surface area (Å²) < 4.78 is 113. The maximum atomic E-state index is 14.0. The molecule has 0 radical (unpaired) electrons. The smallest absolute Gasteiger partial charge is 0.416 e. The van der Waals surface area contributed by atoms with E-state index in [2.05, 4.69) is 0 Å². The second-order valence-corrected chi connectivity index (χ2v) is 10.5. The van der Waals surface area contributed by atoms with Gasteiger partial charge in [0.1, 0.15) is 11.9 Å². The molecule has 0 saturated carbocycles. The third-order valence-electron chi connectivity index (χ3n) is 6.61.